The van der Waals surface area contributed by atoms with E-state index in [0.717, 1.165) is 51.5 Å². The highest BCUT2D eigenvalue weighted by atomic mass is 16.1. The highest BCUT2D eigenvalue weighted by Gasteiger charge is 2.23. The van der Waals surface area contributed by atoms with Crippen LogP contribution in [0.3, 0.4) is 0 Å². The van der Waals surface area contributed by atoms with Crippen LogP contribution >= 0.6 is 0 Å². The largest absolute Gasteiger partial charge is 0.364 e. The van der Waals surface area contributed by atoms with Crippen molar-refractivity contribution in [2.24, 2.45) is 10.9 Å². The number of piperidine rings is 1. The first-order valence-electron chi connectivity index (χ1n) is 10.4. The van der Waals surface area contributed by atoms with Gasteiger partial charge in [-0.05, 0) is 43.4 Å². The molecule has 0 saturated carbocycles. The molecular formula is C22H33N5O. The second-order valence-electron chi connectivity index (χ2n) is 7.52. The number of amides is 1. The van der Waals surface area contributed by atoms with Crippen LogP contribution in [0.25, 0.3) is 0 Å². The molecular weight excluding hydrogens is 350 g/mol. The quantitative estimate of drug-likeness (QED) is 0.450. The van der Waals surface area contributed by atoms with E-state index in [1.165, 1.54) is 11.3 Å². The van der Waals surface area contributed by atoms with Gasteiger partial charge in [0.25, 0.3) is 0 Å². The van der Waals surface area contributed by atoms with E-state index < -0.39 is 0 Å². The Kier molecular flexibility index (Phi) is 7.34. The number of rotatable bonds is 6. The van der Waals surface area contributed by atoms with Crippen LogP contribution in [0, 0.1) is 5.92 Å². The number of nitrogens with zero attached hydrogens (tertiary/aromatic N) is 3. The Morgan fingerprint density at radius 1 is 1.21 bits per heavy atom. The number of nitrogens with one attached hydrogen (secondary N) is 2. The van der Waals surface area contributed by atoms with Crippen LogP contribution in [0.2, 0.25) is 0 Å². The minimum atomic E-state index is 0.145. The van der Waals surface area contributed by atoms with E-state index in [1.807, 2.05) is 0 Å². The van der Waals surface area contributed by atoms with Crippen LogP contribution in [-0.2, 0) is 11.3 Å². The predicted octanol–water partition coefficient (Wildman–Crippen LogP) is 2.38. The van der Waals surface area contributed by atoms with E-state index in [1.54, 1.807) is 7.05 Å². The van der Waals surface area contributed by atoms with Crippen molar-refractivity contribution in [1.82, 2.24) is 15.5 Å². The smallest absolute Gasteiger partial charge is 0.220 e. The van der Waals surface area contributed by atoms with Gasteiger partial charge in [-0.3, -0.25) is 4.79 Å². The number of hydrogen-bond acceptors (Lipinski definition) is 3. The Hall–Kier alpha value is -2.50. The Bertz CT molecular complexity index is 699. The summed E-state index contributed by atoms with van der Waals surface area (Å²) < 4.78 is 0. The lowest BCUT2D eigenvalue weighted by molar-refractivity contribution is -0.121. The Morgan fingerprint density at radius 2 is 1.96 bits per heavy atom. The van der Waals surface area contributed by atoms with Crippen LogP contribution in [0.5, 0.6) is 0 Å². The highest BCUT2D eigenvalue weighted by Crippen LogP contribution is 2.21. The third-order valence-corrected chi connectivity index (χ3v) is 5.51. The molecule has 1 aromatic rings. The fraction of sp³-hybridized carbons (Fsp3) is 0.545. The van der Waals surface area contributed by atoms with Gasteiger partial charge in [-0.1, -0.05) is 24.3 Å². The Labute approximate surface area is 168 Å². The van der Waals surface area contributed by atoms with Crippen LogP contribution < -0.4 is 15.5 Å². The molecule has 0 radical (unpaired) electrons. The van der Waals surface area contributed by atoms with Gasteiger partial charge in [-0.2, -0.15) is 0 Å². The molecule has 1 saturated heterocycles. The van der Waals surface area contributed by atoms with Crippen LogP contribution in [0.15, 0.2) is 41.4 Å². The molecule has 6 heteroatoms. The fourth-order valence-corrected chi connectivity index (χ4v) is 3.85. The summed E-state index contributed by atoms with van der Waals surface area (Å²) in [5, 5.41) is 6.17. The number of aliphatic imine (C=N–C) groups is 1. The number of anilines is 1. The van der Waals surface area contributed by atoms with Crippen molar-refractivity contribution in [3.05, 3.63) is 42.0 Å². The average molecular weight is 384 g/mol. The van der Waals surface area contributed by atoms with E-state index in [9.17, 15) is 4.79 Å². The maximum Gasteiger partial charge on any atom is 0.220 e. The molecule has 2 heterocycles. The van der Waals surface area contributed by atoms with Crippen LogP contribution in [0.4, 0.5) is 5.69 Å². The van der Waals surface area contributed by atoms with Crippen molar-refractivity contribution in [2.45, 2.75) is 32.7 Å². The third-order valence-electron chi connectivity index (χ3n) is 5.51. The summed E-state index contributed by atoms with van der Waals surface area (Å²) in [4.78, 5) is 21.2. The van der Waals surface area contributed by atoms with Gasteiger partial charge in [0.2, 0.25) is 5.91 Å². The normalized spacial score (nSPS) is 17.9. The second kappa shape index (κ2) is 10.2. The summed E-state index contributed by atoms with van der Waals surface area (Å²) in [6.45, 7) is 7.52. The third kappa shape index (κ3) is 5.50. The zero-order chi connectivity index (χ0) is 19.8. The minimum Gasteiger partial charge on any atom is -0.364 e. The van der Waals surface area contributed by atoms with E-state index in [2.05, 4.69) is 63.8 Å². The van der Waals surface area contributed by atoms with Crippen molar-refractivity contribution < 1.29 is 4.79 Å². The summed E-state index contributed by atoms with van der Waals surface area (Å²) >= 11 is 0. The van der Waals surface area contributed by atoms with Crippen LogP contribution in [-0.4, -0.2) is 56.5 Å². The molecule has 2 aliphatic rings. The van der Waals surface area contributed by atoms with Gasteiger partial charge in [0.05, 0.1) is 6.54 Å². The zero-order valence-corrected chi connectivity index (χ0v) is 17.2. The number of likely N-dealkylation sites (tertiary alicyclic amines) is 1. The number of carbonyl (C=O) groups is 1. The van der Waals surface area contributed by atoms with E-state index in [4.69, 9.17) is 4.99 Å². The minimum absolute atomic E-state index is 0.145. The van der Waals surface area contributed by atoms with Crippen molar-refractivity contribution in [1.29, 1.82) is 0 Å². The maximum absolute atomic E-state index is 11.6. The molecule has 1 aromatic carbocycles. The van der Waals surface area contributed by atoms with E-state index >= 15 is 0 Å². The molecule has 1 fully saturated rings. The van der Waals surface area contributed by atoms with Crippen molar-refractivity contribution >= 4 is 17.6 Å². The fourth-order valence-electron chi connectivity index (χ4n) is 3.85. The first-order chi connectivity index (χ1) is 13.7. The number of guanidine groups is 1. The van der Waals surface area contributed by atoms with Crippen LogP contribution in [0.1, 0.15) is 31.7 Å². The second-order valence-corrected chi connectivity index (χ2v) is 7.52. The van der Waals surface area contributed by atoms with Gasteiger partial charge in [0.1, 0.15) is 0 Å². The summed E-state index contributed by atoms with van der Waals surface area (Å²) in [5.41, 5.74) is 2.49. The van der Waals surface area contributed by atoms with Crippen molar-refractivity contribution in [3.8, 4) is 0 Å². The van der Waals surface area contributed by atoms with Gasteiger partial charge in [-0.25, -0.2) is 4.99 Å². The average Bonchev–Trinajstić information content (AvgIpc) is 3.27. The lowest BCUT2D eigenvalue weighted by Crippen LogP contribution is -2.46. The number of hydrogen-bond donors (Lipinski definition) is 2. The topological polar surface area (TPSA) is 60.0 Å². The SMILES string of the molecule is CCNC(=NCc1cccc(N2CC=CC2)c1)N1CCC(CC(=O)NC)CC1. The summed E-state index contributed by atoms with van der Waals surface area (Å²) in [7, 11) is 1.71. The molecule has 3 rings (SSSR count). The molecule has 2 aliphatic heterocycles. The molecule has 0 unspecified atom stereocenters. The molecule has 28 heavy (non-hydrogen) atoms. The number of benzene rings is 1. The molecule has 0 aliphatic carbocycles. The zero-order valence-electron chi connectivity index (χ0n) is 17.2. The predicted molar refractivity (Wildman–Crippen MR) is 116 cm³/mol. The number of carbonyl (C=O) groups excluding carboxylic acids is 1. The first-order valence-corrected chi connectivity index (χ1v) is 10.4. The molecule has 152 valence electrons. The maximum atomic E-state index is 11.6. The van der Waals surface area contributed by atoms with E-state index in [0.29, 0.717) is 18.9 Å². The molecule has 0 bridgehead atoms. The lowest BCUT2D eigenvalue weighted by atomic mass is 9.93. The molecule has 2 N–H and O–H groups in total. The molecule has 6 nitrogen and oxygen atoms in total. The lowest BCUT2D eigenvalue weighted by Gasteiger charge is -2.34. The Morgan fingerprint density at radius 3 is 2.64 bits per heavy atom. The summed E-state index contributed by atoms with van der Waals surface area (Å²) in [6, 6.07) is 8.68. The molecule has 0 atom stereocenters. The van der Waals surface area contributed by atoms with E-state index in [-0.39, 0.29) is 5.91 Å². The van der Waals surface area contributed by atoms with Gasteiger partial charge < -0.3 is 20.4 Å². The Balaban J connectivity index is 1.59. The standard InChI is InChI=1S/C22H33N5O/c1-3-24-22(27-13-9-18(10-14-27)16-21(28)23-2)25-17-19-7-6-8-20(15-19)26-11-4-5-12-26/h4-8,15,18H,3,9-14,16-17H2,1-2H3,(H,23,28)(H,24,25). The molecule has 1 amide bonds. The molecule has 0 aromatic heterocycles. The molecule has 0 spiro atoms. The summed E-state index contributed by atoms with van der Waals surface area (Å²) in [6.07, 6.45) is 7.13. The van der Waals surface area contributed by atoms with Gasteiger partial charge in [0.15, 0.2) is 5.96 Å². The highest BCUT2D eigenvalue weighted by molar-refractivity contribution is 5.80. The monoisotopic (exact) mass is 383 g/mol. The van der Waals surface area contributed by atoms with Gasteiger partial charge in [-0.15, -0.1) is 0 Å². The van der Waals surface area contributed by atoms with Crippen molar-refractivity contribution in [3.63, 3.8) is 0 Å². The van der Waals surface area contributed by atoms with Gasteiger partial charge >= 0.3 is 0 Å². The first kappa shape index (κ1) is 20.2. The van der Waals surface area contributed by atoms with Crippen molar-refractivity contribution in [2.75, 3.05) is 44.7 Å². The summed E-state index contributed by atoms with van der Waals surface area (Å²) in [5.74, 6) is 1.60. The van der Waals surface area contributed by atoms with Gasteiger partial charge in [0, 0.05) is 51.9 Å².